The Balaban J connectivity index is 1.85. The molecule has 1 saturated heterocycles. The summed E-state index contributed by atoms with van der Waals surface area (Å²) >= 11 is 1.39. The third-order valence-corrected chi connectivity index (χ3v) is 5.99. The van der Waals surface area contributed by atoms with E-state index in [9.17, 15) is 9.59 Å². The highest BCUT2D eigenvalue weighted by atomic mass is 32.1. The summed E-state index contributed by atoms with van der Waals surface area (Å²) in [5.41, 5.74) is 0.00642. The molecule has 1 aliphatic heterocycles. The van der Waals surface area contributed by atoms with Gasteiger partial charge in [-0.15, -0.1) is 11.3 Å². The van der Waals surface area contributed by atoms with E-state index in [-0.39, 0.29) is 24.3 Å². The second kappa shape index (κ2) is 8.50. The van der Waals surface area contributed by atoms with Crippen molar-refractivity contribution in [3.05, 3.63) is 45.7 Å². The molecule has 0 spiro atoms. The molecule has 4 rings (SSSR count). The van der Waals surface area contributed by atoms with Crippen molar-refractivity contribution in [3.8, 4) is 5.13 Å². The Morgan fingerprint density at radius 2 is 2.20 bits per heavy atom. The van der Waals surface area contributed by atoms with Crippen molar-refractivity contribution in [2.75, 3.05) is 38.8 Å². The fourth-order valence-electron chi connectivity index (χ4n) is 3.68. The van der Waals surface area contributed by atoms with E-state index in [1.165, 1.54) is 17.5 Å². The summed E-state index contributed by atoms with van der Waals surface area (Å²) in [6, 6.07) is 3.69. The maximum absolute atomic E-state index is 13.0. The number of nitrogens with one attached hydrogen (secondary N) is 1. The zero-order valence-electron chi connectivity index (χ0n) is 17.0. The number of rotatable bonds is 6. The number of hydrogen-bond donors (Lipinski definition) is 1. The number of anilines is 1. The Kier molecular flexibility index (Phi) is 5.80. The number of fused-ring (bicyclic) bond motifs is 1. The van der Waals surface area contributed by atoms with E-state index in [0.29, 0.717) is 22.7 Å². The van der Waals surface area contributed by atoms with E-state index in [2.05, 4.69) is 15.2 Å². The molecular weight excluding hydrogens is 406 g/mol. The third kappa shape index (κ3) is 3.57. The molecule has 1 aliphatic rings. The monoisotopic (exact) mass is 429 g/mol. The number of ether oxygens (including phenoxy) is 2. The van der Waals surface area contributed by atoms with E-state index >= 15 is 0 Å². The molecule has 0 radical (unpaired) electrons. The lowest BCUT2D eigenvalue weighted by atomic mass is 10.2. The minimum absolute atomic E-state index is 0.0371. The molecule has 1 N–H and O–H groups in total. The predicted octanol–water partition coefficient (Wildman–Crippen LogP) is 1.44. The van der Waals surface area contributed by atoms with Crippen molar-refractivity contribution in [2.24, 2.45) is 0 Å². The first-order valence-electron chi connectivity index (χ1n) is 9.65. The van der Waals surface area contributed by atoms with Crippen LogP contribution in [0.2, 0.25) is 0 Å². The van der Waals surface area contributed by atoms with Crippen LogP contribution in [0.25, 0.3) is 16.2 Å². The molecule has 0 saturated carbocycles. The van der Waals surface area contributed by atoms with Crippen LogP contribution in [0.4, 0.5) is 5.82 Å². The first-order chi connectivity index (χ1) is 14.6. The lowest BCUT2D eigenvalue weighted by Crippen LogP contribution is -2.37. The van der Waals surface area contributed by atoms with E-state index < -0.39 is 11.4 Å². The summed E-state index contributed by atoms with van der Waals surface area (Å²) < 4.78 is 12.3. The highest BCUT2D eigenvalue weighted by Gasteiger charge is 2.32. The Morgan fingerprint density at radius 3 is 2.83 bits per heavy atom. The number of nitrogens with zero attached hydrogens (tertiary/aromatic N) is 4. The molecule has 10 heteroatoms. The molecule has 0 aliphatic carbocycles. The predicted molar refractivity (Wildman–Crippen MR) is 115 cm³/mol. The summed E-state index contributed by atoms with van der Waals surface area (Å²) in [7, 11) is 3.61. The van der Waals surface area contributed by atoms with Gasteiger partial charge in [0.2, 0.25) is 5.43 Å². The van der Waals surface area contributed by atoms with Gasteiger partial charge < -0.3 is 19.7 Å². The van der Waals surface area contributed by atoms with Gasteiger partial charge in [-0.1, -0.05) is 0 Å². The lowest BCUT2D eigenvalue weighted by molar-refractivity contribution is 0.0524. The maximum atomic E-state index is 13.0. The van der Waals surface area contributed by atoms with Gasteiger partial charge in [0.1, 0.15) is 11.4 Å². The van der Waals surface area contributed by atoms with Crippen LogP contribution in [0.1, 0.15) is 17.3 Å². The van der Waals surface area contributed by atoms with Crippen LogP contribution in [-0.2, 0) is 9.47 Å². The summed E-state index contributed by atoms with van der Waals surface area (Å²) in [6.45, 7) is 3.31. The number of esters is 1. The Bertz CT molecular complexity index is 1100. The number of carbonyl (C=O) groups is 1. The molecule has 0 bridgehead atoms. The van der Waals surface area contributed by atoms with Crippen LogP contribution in [0.5, 0.6) is 0 Å². The molecule has 158 valence electrons. The normalized spacial score (nSPS) is 18.8. The van der Waals surface area contributed by atoms with Gasteiger partial charge in [-0.25, -0.2) is 14.8 Å². The summed E-state index contributed by atoms with van der Waals surface area (Å²) in [5, 5.41) is 6.05. The zero-order chi connectivity index (χ0) is 21.3. The maximum Gasteiger partial charge on any atom is 0.343 e. The molecule has 1 fully saturated rings. The average molecular weight is 430 g/mol. The van der Waals surface area contributed by atoms with Crippen LogP contribution in [0.3, 0.4) is 0 Å². The summed E-state index contributed by atoms with van der Waals surface area (Å²) in [4.78, 5) is 36.6. The number of carbonyl (C=O) groups excluding carboxylic acids is 1. The van der Waals surface area contributed by atoms with E-state index in [4.69, 9.17) is 14.5 Å². The van der Waals surface area contributed by atoms with Gasteiger partial charge in [0.05, 0.1) is 24.1 Å². The van der Waals surface area contributed by atoms with Gasteiger partial charge in [0.25, 0.3) is 0 Å². The number of aromatic nitrogens is 3. The minimum atomic E-state index is -0.655. The van der Waals surface area contributed by atoms with Crippen molar-refractivity contribution in [3.63, 3.8) is 0 Å². The van der Waals surface area contributed by atoms with Crippen molar-refractivity contribution in [1.29, 1.82) is 0 Å². The average Bonchev–Trinajstić information content (AvgIpc) is 3.43. The van der Waals surface area contributed by atoms with Gasteiger partial charge in [0.15, 0.2) is 10.8 Å². The molecule has 3 aromatic heterocycles. The van der Waals surface area contributed by atoms with E-state index in [0.717, 1.165) is 12.4 Å². The number of methoxy groups -OCH3 is 1. The van der Waals surface area contributed by atoms with Crippen molar-refractivity contribution in [1.82, 2.24) is 19.9 Å². The topological polar surface area (TPSA) is 98.6 Å². The number of likely N-dealkylation sites (N-methyl/N-ethyl adjacent to an activating group) is 1. The highest BCUT2D eigenvalue weighted by molar-refractivity contribution is 7.12. The first-order valence-corrected chi connectivity index (χ1v) is 10.5. The van der Waals surface area contributed by atoms with E-state index in [1.807, 2.05) is 12.4 Å². The largest absolute Gasteiger partial charge is 0.462 e. The molecule has 0 aromatic carbocycles. The van der Waals surface area contributed by atoms with Crippen LogP contribution in [0.15, 0.2) is 34.7 Å². The van der Waals surface area contributed by atoms with Gasteiger partial charge in [0, 0.05) is 38.0 Å². The molecule has 3 aromatic rings. The van der Waals surface area contributed by atoms with Crippen molar-refractivity contribution >= 4 is 34.2 Å². The zero-order valence-corrected chi connectivity index (χ0v) is 17.8. The Hall–Kier alpha value is -2.82. The second-order valence-electron chi connectivity index (χ2n) is 6.89. The summed E-state index contributed by atoms with van der Waals surface area (Å²) in [6.07, 6.45) is 3.18. The molecule has 0 unspecified atom stereocenters. The molecule has 0 amide bonds. The van der Waals surface area contributed by atoms with E-state index in [1.54, 1.807) is 36.9 Å². The molecule has 4 heterocycles. The number of pyridine rings is 2. The van der Waals surface area contributed by atoms with Gasteiger partial charge in [-0.3, -0.25) is 9.36 Å². The third-order valence-electron chi connectivity index (χ3n) is 5.22. The minimum Gasteiger partial charge on any atom is -0.462 e. The van der Waals surface area contributed by atoms with Gasteiger partial charge >= 0.3 is 5.97 Å². The highest BCUT2D eigenvalue weighted by Crippen LogP contribution is 2.24. The van der Waals surface area contributed by atoms with Crippen molar-refractivity contribution in [2.45, 2.75) is 19.1 Å². The van der Waals surface area contributed by atoms with Gasteiger partial charge in [-0.05, 0) is 26.1 Å². The smallest absolute Gasteiger partial charge is 0.343 e. The number of thiazole rings is 1. The summed E-state index contributed by atoms with van der Waals surface area (Å²) in [5.74, 6) is 0.0778. The number of hydrogen-bond acceptors (Lipinski definition) is 9. The molecule has 2 atom stereocenters. The molecule has 9 nitrogen and oxygen atoms in total. The van der Waals surface area contributed by atoms with Crippen LogP contribution >= 0.6 is 11.3 Å². The first kappa shape index (κ1) is 20.5. The van der Waals surface area contributed by atoms with Crippen LogP contribution < -0.4 is 15.6 Å². The molecular formula is C20H23N5O4S. The standard InChI is InChI=1S/C20H23N5O4S/c1-4-29-19(27)13-9-25(20-22-7-8-30-20)18-12(17(13)26)5-6-16(23-18)24-10-14(21-2)15(11-24)28-3/h5-9,14-15,21H,4,10-11H2,1-3H3/t14-,15-/m1/s1. The fourth-order valence-corrected chi connectivity index (χ4v) is 4.30. The van der Waals surface area contributed by atoms with Crippen LogP contribution in [-0.4, -0.2) is 66.5 Å². The molecule has 30 heavy (non-hydrogen) atoms. The van der Waals surface area contributed by atoms with Gasteiger partial charge in [-0.2, -0.15) is 0 Å². The Morgan fingerprint density at radius 1 is 1.37 bits per heavy atom. The fraction of sp³-hybridized carbons (Fsp3) is 0.400. The second-order valence-corrected chi connectivity index (χ2v) is 7.76. The quantitative estimate of drug-likeness (QED) is 0.588. The Labute approximate surface area is 177 Å². The van der Waals surface area contributed by atoms with Crippen molar-refractivity contribution < 1.29 is 14.3 Å². The SMILES string of the molecule is CCOC(=O)c1cn(-c2nccs2)c2nc(N3C[C@@H](NC)[C@H](OC)C3)ccc2c1=O. The van der Waals surface area contributed by atoms with Crippen LogP contribution in [0, 0.1) is 0 Å². The lowest BCUT2D eigenvalue weighted by Gasteiger charge is -2.18.